The van der Waals surface area contributed by atoms with Crippen LogP contribution < -0.4 is 5.32 Å². The molecule has 1 saturated heterocycles. The van der Waals surface area contributed by atoms with Crippen LogP contribution in [-0.4, -0.2) is 42.4 Å². The molecule has 1 heterocycles. The number of halogens is 3. The van der Waals surface area contributed by atoms with E-state index in [0.717, 1.165) is 0 Å². The Kier molecular flexibility index (Phi) is 4.96. The lowest BCUT2D eigenvalue weighted by Gasteiger charge is -2.22. The third-order valence-corrected chi connectivity index (χ3v) is 5.26. The Bertz CT molecular complexity index is 683. The van der Waals surface area contributed by atoms with Gasteiger partial charge in [0.1, 0.15) is 0 Å². The molecule has 1 aliphatic carbocycles. The molecule has 2 atom stereocenters. The van der Waals surface area contributed by atoms with E-state index in [4.69, 9.17) is 4.74 Å². The predicted octanol–water partition coefficient (Wildman–Crippen LogP) is 2.89. The third-order valence-electron chi connectivity index (χ3n) is 5.26. The standard InChI is InChI=1S/C18H20F3NO4/c19-18(20,21)17(7-8-17)12-3-1-11(2-4-12)15(23)22-14-6-10-26-9-5-13(14)16(24)25/h1-4,13-14H,5-10H2,(H,22,23)(H,24,25)/t13-,14-/m1/s1. The summed E-state index contributed by atoms with van der Waals surface area (Å²) in [5.41, 5.74) is -1.41. The van der Waals surface area contributed by atoms with Crippen molar-refractivity contribution in [1.29, 1.82) is 0 Å². The lowest BCUT2D eigenvalue weighted by molar-refractivity contribution is -0.160. The number of alkyl halides is 3. The summed E-state index contributed by atoms with van der Waals surface area (Å²) in [5, 5.41) is 12.0. The second-order valence-corrected chi connectivity index (χ2v) is 6.87. The molecule has 2 N–H and O–H groups in total. The number of aliphatic carboxylic acids is 1. The van der Waals surface area contributed by atoms with E-state index < -0.39 is 35.4 Å². The molecule has 2 aliphatic rings. The number of hydrogen-bond donors (Lipinski definition) is 2. The van der Waals surface area contributed by atoms with E-state index in [2.05, 4.69) is 5.32 Å². The highest BCUT2D eigenvalue weighted by Gasteiger charge is 2.64. The van der Waals surface area contributed by atoms with E-state index in [-0.39, 0.29) is 24.0 Å². The summed E-state index contributed by atoms with van der Waals surface area (Å²) in [6, 6.07) is 4.81. The highest BCUT2D eigenvalue weighted by atomic mass is 19.4. The van der Waals surface area contributed by atoms with Gasteiger partial charge < -0.3 is 15.2 Å². The van der Waals surface area contributed by atoms with Gasteiger partial charge in [-0.15, -0.1) is 0 Å². The fraction of sp³-hybridized carbons (Fsp3) is 0.556. The van der Waals surface area contributed by atoms with Gasteiger partial charge in [0.2, 0.25) is 0 Å². The summed E-state index contributed by atoms with van der Waals surface area (Å²) in [6.07, 6.45) is -3.51. The van der Waals surface area contributed by atoms with E-state index in [1.54, 1.807) is 0 Å². The molecule has 3 rings (SSSR count). The lowest BCUT2D eigenvalue weighted by Crippen LogP contribution is -2.43. The number of ether oxygens (including phenoxy) is 1. The smallest absolute Gasteiger partial charge is 0.398 e. The van der Waals surface area contributed by atoms with Crippen molar-refractivity contribution >= 4 is 11.9 Å². The number of amides is 1. The highest BCUT2D eigenvalue weighted by molar-refractivity contribution is 5.94. The summed E-state index contributed by atoms with van der Waals surface area (Å²) in [6.45, 7) is 0.666. The molecule has 5 nitrogen and oxygen atoms in total. The molecule has 1 aliphatic heterocycles. The van der Waals surface area contributed by atoms with Gasteiger partial charge in [0, 0.05) is 24.8 Å². The second-order valence-electron chi connectivity index (χ2n) is 6.87. The van der Waals surface area contributed by atoms with Crippen LogP contribution in [0.15, 0.2) is 24.3 Å². The molecule has 1 amide bonds. The molecule has 0 unspecified atom stereocenters. The number of carboxylic acids is 1. The zero-order valence-electron chi connectivity index (χ0n) is 14.0. The zero-order valence-corrected chi connectivity index (χ0v) is 14.0. The fourth-order valence-corrected chi connectivity index (χ4v) is 3.45. The van der Waals surface area contributed by atoms with Crippen LogP contribution in [0.2, 0.25) is 0 Å². The van der Waals surface area contributed by atoms with Crippen molar-refractivity contribution in [3.63, 3.8) is 0 Å². The van der Waals surface area contributed by atoms with Gasteiger partial charge >= 0.3 is 12.1 Å². The average molecular weight is 371 g/mol. The number of carboxylic acid groups (broad SMARTS) is 1. The number of carbonyl (C=O) groups excluding carboxylic acids is 1. The minimum Gasteiger partial charge on any atom is -0.481 e. The summed E-state index contributed by atoms with van der Waals surface area (Å²) < 4.78 is 44.7. The number of nitrogens with one attached hydrogen (secondary N) is 1. The van der Waals surface area contributed by atoms with Crippen molar-refractivity contribution in [2.24, 2.45) is 5.92 Å². The van der Waals surface area contributed by atoms with Crippen LogP contribution in [-0.2, 0) is 14.9 Å². The number of rotatable bonds is 4. The zero-order chi connectivity index (χ0) is 18.9. The quantitative estimate of drug-likeness (QED) is 0.853. The fourth-order valence-electron chi connectivity index (χ4n) is 3.45. The van der Waals surface area contributed by atoms with Crippen LogP contribution in [0, 0.1) is 5.92 Å². The first-order valence-corrected chi connectivity index (χ1v) is 8.53. The van der Waals surface area contributed by atoms with Gasteiger partial charge in [-0.1, -0.05) is 12.1 Å². The Balaban J connectivity index is 1.71. The lowest BCUT2D eigenvalue weighted by atomic mass is 9.93. The molecule has 0 aromatic heterocycles. The number of benzene rings is 1. The number of carbonyl (C=O) groups is 2. The topological polar surface area (TPSA) is 75.6 Å². The SMILES string of the molecule is O=C(N[C@@H]1CCOCC[C@H]1C(=O)O)c1ccc(C2(C(F)(F)F)CC2)cc1. The highest BCUT2D eigenvalue weighted by Crippen LogP contribution is 2.58. The summed E-state index contributed by atoms with van der Waals surface area (Å²) in [7, 11) is 0. The summed E-state index contributed by atoms with van der Waals surface area (Å²) >= 11 is 0. The van der Waals surface area contributed by atoms with Crippen molar-refractivity contribution in [2.45, 2.75) is 43.3 Å². The van der Waals surface area contributed by atoms with Crippen LogP contribution in [0.25, 0.3) is 0 Å². The number of hydrogen-bond acceptors (Lipinski definition) is 3. The van der Waals surface area contributed by atoms with Gasteiger partial charge in [-0.2, -0.15) is 13.2 Å². The van der Waals surface area contributed by atoms with E-state index in [1.807, 2.05) is 0 Å². The molecular weight excluding hydrogens is 351 g/mol. The Morgan fingerprint density at radius 1 is 1.12 bits per heavy atom. The molecule has 1 aromatic carbocycles. The van der Waals surface area contributed by atoms with Gasteiger partial charge in [0.15, 0.2) is 0 Å². The van der Waals surface area contributed by atoms with Crippen molar-refractivity contribution in [3.8, 4) is 0 Å². The van der Waals surface area contributed by atoms with Crippen LogP contribution in [0.5, 0.6) is 0 Å². The Morgan fingerprint density at radius 2 is 1.73 bits per heavy atom. The van der Waals surface area contributed by atoms with Crippen LogP contribution >= 0.6 is 0 Å². The molecule has 2 fully saturated rings. The predicted molar refractivity (Wildman–Crippen MR) is 85.8 cm³/mol. The Morgan fingerprint density at radius 3 is 2.27 bits per heavy atom. The third kappa shape index (κ3) is 3.56. The molecule has 1 saturated carbocycles. The molecule has 8 heteroatoms. The second kappa shape index (κ2) is 6.90. The average Bonchev–Trinajstić information content (AvgIpc) is 3.39. The maximum atomic E-state index is 13.2. The van der Waals surface area contributed by atoms with Crippen molar-refractivity contribution < 1.29 is 32.6 Å². The van der Waals surface area contributed by atoms with Crippen LogP contribution in [0.3, 0.4) is 0 Å². The van der Waals surface area contributed by atoms with Crippen molar-refractivity contribution in [3.05, 3.63) is 35.4 Å². The van der Waals surface area contributed by atoms with E-state index in [1.165, 1.54) is 24.3 Å². The van der Waals surface area contributed by atoms with Gasteiger partial charge in [-0.25, -0.2) is 0 Å². The molecule has 0 spiro atoms. The minimum atomic E-state index is -4.30. The molecule has 0 bridgehead atoms. The maximum Gasteiger partial charge on any atom is 0.398 e. The molecule has 142 valence electrons. The minimum absolute atomic E-state index is 0.0599. The van der Waals surface area contributed by atoms with Gasteiger partial charge in [0.25, 0.3) is 5.91 Å². The summed E-state index contributed by atoms with van der Waals surface area (Å²) in [5.74, 6) is -2.25. The maximum absolute atomic E-state index is 13.2. The van der Waals surface area contributed by atoms with Crippen molar-refractivity contribution in [2.75, 3.05) is 13.2 Å². The summed E-state index contributed by atoms with van der Waals surface area (Å²) in [4.78, 5) is 23.8. The first-order valence-electron chi connectivity index (χ1n) is 8.53. The van der Waals surface area contributed by atoms with E-state index in [9.17, 15) is 27.9 Å². The van der Waals surface area contributed by atoms with Gasteiger partial charge in [-0.3, -0.25) is 9.59 Å². The molecular formula is C18H20F3NO4. The van der Waals surface area contributed by atoms with Gasteiger partial charge in [-0.05, 0) is 43.4 Å². The normalized spacial score (nSPS) is 25.2. The van der Waals surface area contributed by atoms with E-state index >= 15 is 0 Å². The Labute approximate surface area is 148 Å². The van der Waals surface area contributed by atoms with Crippen LogP contribution in [0.1, 0.15) is 41.6 Å². The molecule has 1 aromatic rings. The Hall–Kier alpha value is -2.09. The largest absolute Gasteiger partial charge is 0.481 e. The molecule has 0 radical (unpaired) electrons. The first-order chi connectivity index (χ1) is 12.2. The van der Waals surface area contributed by atoms with Gasteiger partial charge in [0.05, 0.1) is 11.3 Å². The monoisotopic (exact) mass is 371 g/mol. The first kappa shape index (κ1) is 18.7. The van der Waals surface area contributed by atoms with Crippen LogP contribution in [0.4, 0.5) is 13.2 Å². The van der Waals surface area contributed by atoms with Crippen molar-refractivity contribution in [1.82, 2.24) is 5.32 Å². The van der Waals surface area contributed by atoms with E-state index in [0.29, 0.717) is 26.1 Å². The molecule has 26 heavy (non-hydrogen) atoms.